The van der Waals surface area contributed by atoms with Gasteiger partial charge in [0, 0.05) is 19.2 Å². The molecule has 0 fully saturated rings. The van der Waals surface area contributed by atoms with Crippen molar-refractivity contribution in [1.82, 2.24) is 9.78 Å². The Kier molecular flexibility index (Phi) is 4.95. The number of aryl methyl sites for hydroxylation is 1. The third kappa shape index (κ3) is 3.05. The molecule has 2 N–H and O–H groups in total. The predicted octanol–water partition coefficient (Wildman–Crippen LogP) is 1.21. The fraction of sp³-hybridized carbons (Fsp3) is 0.600. The summed E-state index contributed by atoms with van der Waals surface area (Å²) in [6, 6.07) is 0.0972. The lowest BCUT2D eigenvalue weighted by Gasteiger charge is -2.15. The Bertz CT molecular complexity index is 406. The van der Waals surface area contributed by atoms with Crippen molar-refractivity contribution in [2.24, 2.45) is 0 Å². The highest BCUT2D eigenvalue weighted by atomic mass is 79.9. The van der Waals surface area contributed by atoms with E-state index in [1.54, 1.807) is 6.20 Å². The number of hydrogen-bond donors (Lipinski definition) is 2. The molecule has 0 spiro atoms. The van der Waals surface area contributed by atoms with Gasteiger partial charge in [0.25, 0.3) is 5.56 Å². The molecule has 0 radical (unpaired) electrons. The third-order valence-corrected chi connectivity index (χ3v) is 3.01. The van der Waals surface area contributed by atoms with Gasteiger partial charge in [0.05, 0.1) is 11.9 Å². The maximum atomic E-state index is 11.7. The molecule has 16 heavy (non-hydrogen) atoms. The Morgan fingerprint density at radius 2 is 2.38 bits per heavy atom. The van der Waals surface area contributed by atoms with Crippen molar-refractivity contribution < 1.29 is 5.11 Å². The summed E-state index contributed by atoms with van der Waals surface area (Å²) in [4.78, 5) is 11.7. The Morgan fingerprint density at radius 1 is 1.69 bits per heavy atom. The van der Waals surface area contributed by atoms with Crippen LogP contribution in [-0.4, -0.2) is 27.5 Å². The van der Waals surface area contributed by atoms with Crippen molar-refractivity contribution in [3.63, 3.8) is 0 Å². The number of aliphatic hydroxyl groups excluding tert-OH is 1. The molecule has 0 aromatic carbocycles. The van der Waals surface area contributed by atoms with Gasteiger partial charge in [0.1, 0.15) is 4.47 Å². The van der Waals surface area contributed by atoms with Crippen molar-refractivity contribution >= 4 is 21.6 Å². The largest absolute Gasteiger partial charge is 0.396 e. The number of anilines is 1. The number of nitrogens with zero attached hydrogens (tertiary/aromatic N) is 2. The van der Waals surface area contributed by atoms with E-state index in [1.165, 1.54) is 4.68 Å². The Morgan fingerprint density at radius 3 is 2.94 bits per heavy atom. The van der Waals surface area contributed by atoms with E-state index in [-0.39, 0.29) is 18.2 Å². The molecule has 5 nitrogen and oxygen atoms in total. The van der Waals surface area contributed by atoms with E-state index in [0.29, 0.717) is 23.1 Å². The molecule has 0 aliphatic rings. The zero-order valence-electron chi connectivity index (χ0n) is 9.40. The molecule has 1 atom stereocenters. The second kappa shape index (κ2) is 6.00. The highest BCUT2D eigenvalue weighted by molar-refractivity contribution is 9.10. The van der Waals surface area contributed by atoms with E-state index < -0.39 is 0 Å². The van der Waals surface area contributed by atoms with Gasteiger partial charge in [-0.2, -0.15) is 5.10 Å². The second-order valence-corrected chi connectivity index (χ2v) is 4.34. The van der Waals surface area contributed by atoms with Gasteiger partial charge < -0.3 is 10.4 Å². The summed E-state index contributed by atoms with van der Waals surface area (Å²) in [5.41, 5.74) is 0.513. The molecule has 0 aliphatic heterocycles. The highest BCUT2D eigenvalue weighted by Gasteiger charge is 2.09. The molecule has 0 amide bonds. The molecule has 1 aromatic rings. The molecular formula is C10H16BrN3O2. The number of aliphatic hydroxyl groups is 1. The van der Waals surface area contributed by atoms with Crippen molar-refractivity contribution in [3.8, 4) is 0 Å². The Balaban J connectivity index is 2.90. The van der Waals surface area contributed by atoms with Crippen LogP contribution in [-0.2, 0) is 6.54 Å². The van der Waals surface area contributed by atoms with E-state index in [1.807, 2.05) is 13.8 Å². The second-order valence-electron chi connectivity index (χ2n) is 3.55. The van der Waals surface area contributed by atoms with Crippen LogP contribution >= 0.6 is 15.9 Å². The number of rotatable bonds is 5. The van der Waals surface area contributed by atoms with Gasteiger partial charge in [-0.3, -0.25) is 4.79 Å². The normalized spacial score (nSPS) is 12.5. The Labute approximate surface area is 103 Å². The van der Waals surface area contributed by atoms with Crippen LogP contribution in [0.25, 0.3) is 0 Å². The molecule has 0 saturated carbocycles. The van der Waals surface area contributed by atoms with Crippen molar-refractivity contribution in [2.75, 3.05) is 11.9 Å². The average molecular weight is 290 g/mol. The number of hydrogen-bond acceptors (Lipinski definition) is 4. The molecule has 1 unspecified atom stereocenters. The van der Waals surface area contributed by atoms with Crippen LogP contribution in [0, 0.1) is 0 Å². The smallest absolute Gasteiger partial charge is 0.283 e. The lowest BCUT2D eigenvalue weighted by atomic mass is 10.2. The SMILES string of the molecule is CCn1ncc(NC(C)CCO)c(Br)c1=O. The first kappa shape index (κ1) is 13.2. The molecule has 1 rings (SSSR count). The quantitative estimate of drug-likeness (QED) is 0.855. The first-order valence-corrected chi connectivity index (χ1v) is 6.02. The third-order valence-electron chi connectivity index (χ3n) is 2.25. The molecule has 0 bridgehead atoms. The minimum Gasteiger partial charge on any atom is -0.396 e. The molecule has 6 heteroatoms. The van der Waals surface area contributed by atoms with E-state index in [0.717, 1.165) is 0 Å². The number of aromatic nitrogens is 2. The summed E-state index contributed by atoms with van der Waals surface area (Å²) >= 11 is 3.25. The summed E-state index contributed by atoms with van der Waals surface area (Å²) in [5, 5.41) is 15.9. The summed E-state index contributed by atoms with van der Waals surface area (Å²) < 4.78 is 1.86. The number of halogens is 1. The topological polar surface area (TPSA) is 67.2 Å². The van der Waals surface area contributed by atoms with Crippen LogP contribution in [0.3, 0.4) is 0 Å². The van der Waals surface area contributed by atoms with Gasteiger partial charge in [-0.1, -0.05) is 0 Å². The maximum absolute atomic E-state index is 11.7. The van der Waals surface area contributed by atoms with E-state index >= 15 is 0 Å². The molecule has 1 aromatic heterocycles. The van der Waals surface area contributed by atoms with Gasteiger partial charge in [-0.25, -0.2) is 4.68 Å². The lowest BCUT2D eigenvalue weighted by Crippen LogP contribution is -2.25. The highest BCUT2D eigenvalue weighted by Crippen LogP contribution is 2.17. The molecule has 0 aliphatic carbocycles. The molecule has 90 valence electrons. The monoisotopic (exact) mass is 289 g/mol. The van der Waals surface area contributed by atoms with Gasteiger partial charge in [0.15, 0.2) is 0 Å². The Hall–Kier alpha value is -0.880. The van der Waals surface area contributed by atoms with Crippen LogP contribution in [0.4, 0.5) is 5.69 Å². The van der Waals surface area contributed by atoms with Crippen molar-refractivity contribution in [1.29, 1.82) is 0 Å². The van der Waals surface area contributed by atoms with E-state index in [2.05, 4.69) is 26.3 Å². The van der Waals surface area contributed by atoms with Crippen LogP contribution in [0.2, 0.25) is 0 Å². The summed E-state index contributed by atoms with van der Waals surface area (Å²) in [5.74, 6) is 0. The van der Waals surface area contributed by atoms with Crippen molar-refractivity contribution in [2.45, 2.75) is 32.9 Å². The lowest BCUT2D eigenvalue weighted by molar-refractivity contribution is 0.282. The average Bonchev–Trinajstić information content (AvgIpc) is 2.25. The van der Waals surface area contributed by atoms with Gasteiger partial charge in [-0.05, 0) is 36.2 Å². The first-order valence-electron chi connectivity index (χ1n) is 5.23. The molecule has 0 saturated heterocycles. The van der Waals surface area contributed by atoms with E-state index in [4.69, 9.17) is 5.11 Å². The minimum atomic E-state index is -0.149. The van der Waals surface area contributed by atoms with Gasteiger partial charge in [0.2, 0.25) is 0 Å². The van der Waals surface area contributed by atoms with Gasteiger partial charge in [-0.15, -0.1) is 0 Å². The zero-order chi connectivity index (χ0) is 12.1. The maximum Gasteiger partial charge on any atom is 0.283 e. The number of nitrogens with one attached hydrogen (secondary N) is 1. The van der Waals surface area contributed by atoms with Crippen LogP contribution in [0.1, 0.15) is 20.3 Å². The zero-order valence-corrected chi connectivity index (χ0v) is 11.0. The van der Waals surface area contributed by atoms with Gasteiger partial charge >= 0.3 is 0 Å². The van der Waals surface area contributed by atoms with E-state index in [9.17, 15) is 4.79 Å². The fourth-order valence-electron chi connectivity index (χ4n) is 1.32. The van der Waals surface area contributed by atoms with Crippen LogP contribution in [0.15, 0.2) is 15.5 Å². The first-order chi connectivity index (χ1) is 7.60. The summed E-state index contributed by atoms with van der Waals surface area (Å²) in [6.07, 6.45) is 2.24. The standard InChI is InChI=1S/C10H16BrN3O2/c1-3-14-10(16)9(11)8(6-12-14)13-7(2)4-5-15/h6-7,13,15H,3-5H2,1-2H3. The van der Waals surface area contributed by atoms with Crippen molar-refractivity contribution in [3.05, 3.63) is 21.0 Å². The summed E-state index contributed by atoms with van der Waals surface area (Å²) in [6.45, 7) is 4.46. The van der Waals surface area contributed by atoms with Crippen LogP contribution < -0.4 is 10.9 Å². The predicted molar refractivity (Wildman–Crippen MR) is 66.7 cm³/mol. The van der Waals surface area contributed by atoms with Crippen LogP contribution in [0.5, 0.6) is 0 Å². The fourth-order valence-corrected chi connectivity index (χ4v) is 1.74. The summed E-state index contributed by atoms with van der Waals surface area (Å²) in [7, 11) is 0. The molecule has 1 heterocycles. The minimum absolute atomic E-state index is 0.0972. The molecular weight excluding hydrogens is 274 g/mol.